The third-order valence-electron chi connectivity index (χ3n) is 3.67. The average molecular weight is 289 g/mol. The van der Waals surface area contributed by atoms with E-state index in [1.165, 1.54) is 19.8 Å². The first-order valence-electron chi connectivity index (χ1n) is 7.49. The molecule has 21 heavy (non-hydrogen) atoms. The molecular weight excluding hydrogens is 266 g/mol. The molecular formula is C16H23N3O2. The first-order chi connectivity index (χ1) is 10.1. The largest absolute Gasteiger partial charge is 0.352 e. The van der Waals surface area contributed by atoms with Gasteiger partial charge in [-0.2, -0.15) is 0 Å². The maximum Gasteiger partial charge on any atom is 0.251 e. The second-order valence-corrected chi connectivity index (χ2v) is 5.41. The summed E-state index contributed by atoms with van der Waals surface area (Å²) in [6.45, 7) is 5.88. The molecule has 0 aromatic heterocycles. The van der Waals surface area contributed by atoms with E-state index in [0.29, 0.717) is 18.7 Å². The van der Waals surface area contributed by atoms with Crippen molar-refractivity contribution < 1.29 is 9.59 Å². The first-order valence-corrected chi connectivity index (χ1v) is 7.49. The van der Waals surface area contributed by atoms with Crippen LogP contribution in [-0.2, 0) is 11.3 Å². The van der Waals surface area contributed by atoms with Crippen LogP contribution in [0.15, 0.2) is 24.3 Å². The average Bonchev–Trinajstić information content (AvgIpc) is 2.99. The van der Waals surface area contributed by atoms with Gasteiger partial charge in [0.15, 0.2) is 0 Å². The Morgan fingerprint density at radius 3 is 2.38 bits per heavy atom. The Hall–Kier alpha value is -1.88. The van der Waals surface area contributed by atoms with Crippen LogP contribution in [0.1, 0.15) is 35.7 Å². The molecule has 1 aliphatic heterocycles. The predicted octanol–water partition coefficient (Wildman–Crippen LogP) is 1.15. The Morgan fingerprint density at radius 1 is 1.10 bits per heavy atom. The topological polar surface area (TPSA) is 61.4 Å². The molecule has 0 unspecified atom stereocenters. The summed E-state index contributed by atoms with van der Waals surface area (Å²) in [4.78, 5) is 25.2. The number of likely N-dealkylation sites (tertiary alicyclic amines) is 1. The number of nitrogens with zero attached hydrogens (tertiary/aromatic N) is 1. The number of carbonyl (C=O) groups excluding carboxylic acids is 2. The minimum absolute atomic E-state index is 0.0414. The van der Waals surface area contributed by atoms with Crippen molar-refractivity contribution in [3.05, 3.63) is 35.4 Å². The van der Waals surface area contributed by atoms with Crippen LogP contribution in [0, 0.1) is 0 Å². The van der Waals surface area contributed by atoms with Gasteiger partial charge in [0, 0.05) is 32.1 Å². The minimum atomic E-state index is -0.0567. The zero-order valence-electron chi connectivity index (χ0n) is 12.5. The van der Waals surface area contributed by atoms with Crippen molar-refractivity contribution in [3.63, 3.8) is 0 Å². The van der Waals surface area contributed by atoms with Gasteiger partial charge in [0.1, 0.15) is 0 Å². The van der Waals surface area contributed by atoms with E-state index in [1.54, 1.807) is 12.1 Å². The summed E-state index contributed by atoms with van der Waals surface area (Å²) in [5.74, 6) is -0.0981. The van der Waals surface area contributed by atoms with E-state index in [0.717, 1.165) is 25.2 Å². The van der Waals surface area contributed by atoms with Gasteiger partial charge in [-0.15, -0.1) is 0 Å². The van der Waals surface area contributed by atoms with Crippen molar-refractivity contribution in [2.75, 3.05) is 26.2 Å². The zero-order valence-corrected chi connectivity index (χ0v) is 12.5. The van der Waals surface area contributed by atoms with Crippen molar-refractivity contribution in [2.24, 2.45) is 0 Å². The Bertz CT molecular complexity index is 479. The molecule has 1 aromatic carbocycles. The molecule has 114 valence electrons. The fourth-order valence-electron chi connectivity index (χ4n) is 2.44. The summed E-state index contributed by atoms with van der Waals surface area (Å²) in [5.41, 5.74) is 1.64. The normalized spacial score (nSPS) is 14.9. The molecule has 0 aliphatic carbocycles. The van der Waals surface area contributed by atoms with Gasteiger partial charge in [0.05, 0.1) is 0 Å². The van der Waals surface area contributed by atoms with Gasteiger partial charge in [-0.05, 0) is 43.6 Å². The summed E-state index contributed by atoms with van der Waals surface area (Å²) < 4.78 is 0. The third-order valence-corrected chi connectivity index (χ3v) is 3.67. The molecule has 5 heteroatoms. The molecule has 0 atom stereocenters. The van der Waals surface area contributed by atoms with Crippen LogP contribution in [0.3, 0.4) is 0 Å². The predicted molar refractivity (Wildman–Crippen MR) is 82.0 cm³/mol. The monoisotopic (exact) mass is 289 g/mol. The number of carbonyl (C=O) groups is 2. The molecule has 1 aliphatic rings. The molecule has 2 amide bonds. The van der Waals surface area contributed by atoms with E-state index < -0.39 is 0 Å². The summed E-state index contributed by atoms with van der Waals surface area (Å²) in [7, 11) is 0. The van der Waals surface area contributed by atoms with E-state index in [1.807, 2.05) is 12.1 Å². The molecule has 2 rings (SSSR count). The van der Waals surface area contributed by atoms with Crippen LogP contribution >= 0.6 is 0 Å². The second kappa shape index (κ2) is 7.78. The lowest BCUT2D eigenvalue weighted by Crippen LogP contribution is -2.33. The smallest absolute Gasteiger partial charge is 0.251 e. The summed E-state index contributed by atoms with van der Waals surface area (Å²) in [6, 6.07) is 7.32. The fraction of sp³-hybridized carbons (Fsp3) is 0.500. The van der Waals surface area contributed by atoms with Crippen LogP contribution in [-0.4, -0.2) is 42.9 Å². The summed E-state index contributed by atoms with van der Waals surface area (Å²) >= 11 is 0. The molecule has 1 heterocycles. The Labute approximate surface area is 125 Å². The van der Waals surface area contributed by atoms with Crippen LogP contribution in [0.2, 0.25) is 0 Å². The molecule has 0 bridgehead atoms. The van der Waals surface area contributed by atoms with Crippen molar-refractivity contribution in [2.45, 2.75) is 26.3 Å². The lowest BCUT2D eigenvalue weighted by atomic mass is 10.1. The van der Waals surface area contributed by atoms with Gasteiger partial charge < -0.3 is 15.5 Å². The van der Waals surface area contributed by atoms with Crippen molar-refractivity contribution in [1.82, 2.24) is 15.5 Å². The highest BCUT2D eigenvalue weighted by Crippen LogP contribution is 2.06. The molecule has 0 saturated carbocycles. The quantitative estimate of drug-likeness (QED) is 0.826. The zero-order chi connectivity index (χ0) is 15.1. The van der Waals surface area contributed by atoms with Gasteiger partial charge in [-0.3, -0.25) is 9.59 Å². The maximum atomic E-state index is 12.0. The number of nitrogens with one attached hydrogen (secondary N) is 2. The van der Waals surface area contributed by atoms with E-state index in [9.17, 15) is 9.59 Å². The standard InChI is InChI=1S/C16H23N3O2/c1-13(20)18-12-14-4-6-15(7-5-14)16(21)17-8-11-19-9-2-3-10-19/h4-7H,2-3,8-12H2,1H3,(H,17,21)(H,18,20). The van der Waals surface area contributed by atoms with Crippen LogP contribution in [0.4, 0.5) is 0 Å². The Kier molecular flexibility index (Phi) is 5.75. The van der Waals surface area contributed by atoms with Crippen molar-refractivity contribution in [1.29, 1.82) is 0 Å². The summed E-state index contributed by atoms with van der Waals surface area (Å²) in [5, 5.41) is 5.68. The van der Waals surface area contributed by atoms with Crippen LogP contribution < -0.4 is 10.6 Å². The van der Waals surface area contributed by atoms with Gasteiger partial charge in [0.2, 0.25) is 5.91 Å². The highest BCUT2D eigenvalue weighted by Gasteiger charge is 2.11. The number of hydrogen-bond donors (Lipinski definition) is 2. The molecule has 1 fully saturated rings. The van der Waals surface area contributed by atoms with E-state index in [4.69, 9.17) is 0 Å². The minimum Gasteiger partial charge on any atom is -0.352 e. The van der Waals surface area contributed by atoms with E-state index in [2.05, 4.69) is 15.5 Å². The van der Waals surface area contributed by atoms with Crippen LogP contribution in [0.5, 0.6) is 0 Å². The molecule has 1 saturated heterocycles. The third kappa shape index (κ3) is 5.19. The van der Waals surface area contributed by atoms with Crippen molar-refractivity contribution in [3.8, 4) is 0 Å². The molecule has 0 spiro atoms. The lowest BCUT2D eigenvalue weighted by Gasteiger charge is -2.14. The number of benzene rings is 1. The van der Waals surface area contributed by atoms with E-state index >= 15 is 0 Å². The maximum absolute atomic E-state index is 12.0. The molecule has 2 N–H and O–H groups in total. The van der Waals surface area contributed by atoms with Gasteiger partial charge in [-0.1, -0.05) is 12.1 Å². The Balaban J connectivity index is 1.75. The highest BCUT2D eigenvalue weighted by molar-refractivity contribution is 5.94. The van der Waals surface area contributed by atoms with Gasteiger partial charge in [0.25, 0.3) is 5.91 Å². The Morgan fingerprint density at radius 2 is 1.76 bits per heavy atom. The second-order valence-electron chi connectivity index (χ2n) is 5.41. The molecule has 0 radical (unpaired) electrons. The van der Waals surface area contributed by atoms with Gasteiger partial charge in [-0.25, -0.2) is 0 Å². The molecule has 5 nitrogen and oxygen atoms in total. The van der Waals surface area contributed by atoms with E-state index in [-0.39, 0.29) is 11.8 Å². The summed E-state index contributed by atoms with van der Waals surface area (Å²) in [6.07, 6.45) is 2.54. The molecule has 1 aromatic rings. The lowest BCUT2D eigenvalue weighted by molar-refractivity contribution is -0.119. The first kappa shape index (κ1) is 15.5. The highest BCUT2D eigenvalue weighted by atomic mass is 16.2. The van der Waals surface area contributed by atoms with Crippen molar-refractivity contribution >= 4 is 11.8 Å². The van der Waals surface area contributed by atoms with Gasteiger partial charge >= 0.3 is 0 Å². The number of rotatable bonds is 6. The van der Waals surface area contributed by atoms with Crippen LogP contribution in [0.25, 0.3) is 0 Å². The number of hydrogen-bond acceptors (Lipinski definition) is 3. The number of amides is 2. The SMILES string of the molecule is CC(=O)NCc1ccc(C(=O)NCCN2CCCC2)cc1. The fourth-order valence-corrected chi connectivity index (χ4v) is 2.44.